The Bertz CT molecular complexity index is 848. The maximum Gasteiger partial charge on any atom is 0.351 e. The van der Waals surface area contributed by atoms with E-state index in [-0.39, 0.29) is 25.2 Å². The van der Waals surface area contributed by atoms with E-state index in [2.05, 4.69) is 5.32 Å². The number of nitrogens with one attached hydrogen (secondary N) is 1. The molecule has 0 aliphatic carbocycles. The molecule has 1 aliphatic rings. The van der Waals surface area contributed by atoms with Crippen LogP contribution in [0.1, 0.15) is 29.7 Å². The van der Waals surface area contributed by atoms with Crippen LogP contribution in [0.25, 0.3) is 0 Å². The molecular formula is C21H23NO5. The monoisotopic (exact) mass is 369 g/mol. The third-order valence-corrected chi connectivity index (χ3v) is 4.53. The Hall–Kier alpha value is -3.02. The van der Waals surface area contributed by atoms with Gasteiger partial charge in [0.05, 0.1) is 6.04 Å². The molecule has 2 aromatic rings. The number of hydrogen-bond acceptors (Lipinski definition) is 5. The van der Waals surface area contributed by atoms with Gasteiger partial charge in [-0.15, -0.1) is 0 Å². The second-order valence-electron chi connectivity index (χ2n) is 6.60. The van der Waals surface area contributed by atoms with Gasteiger partial charge in [0.1, 0.15) is 6.61 Å². The predicted octanol–water partition coefficient (Wildman–Crippen LogP) is 2.86. The first-order valence-electron chi connectivity index (χ1n) is 8.85. The summed E-state index contributed by atoms with van der Waals surface area (Å²) >= 11 is 0. The SMILES string of the molecule is Cc1ccc([C@@H](C)NC(=O)COC(=O)[C@@H]2COc3ccccc3O2)cc1C. The summed E-state index contributed by atoms with van der Waals surface area (Å²) in [6.45, 7) is 5.64. The first kappa shape index (κ1) is 18.8. The van der Waals surface area contributed by atoms with E-state index in [0.717, 1.165) is 11.1 Å². The van der Waals surface area contributed by atoms with E-state index in [9.17, 15) is 9.59 Å². The largest absolute Gasteiger partial charge is 0.485 e. The van der Waals surface area contributed by atoms with Crippen LogP contribution in [-0.4, -0.2) is 31.2 Å². The minimum absolute atomic E-state index is 0.0521. The number of hydrogen-bond donors (Lipinski definition) is 1. The first-order chi connectivity index (χ1) is 12.9. The molecular weight excluding hydrogens is 346 g/mol. The molecule has 1 N–H and O–H groups in total. The molecule has 6 heteroatoms. The minimum atomic E-state index is -0.884. The number of carbonyl (C=O) groups excluding carboxylic acids is 2. The fourth-order valence-corrected chi connectivity index (χ4v) is 2.77. The number of amides is 1. The Morgan fingerprint density at radius 1 is 1.15 bits per heavy atom. The van der Waals surface area contributed by atoms with Crippen LogP contribution in [0.5, 0.6) is 11.5 Å². The summed E-state index contributed by atoms with van der Waals surface area (Å²) in [7, 11) is 0. The number of ether oxygens (including phenoxy) is 3. The number of para-hydroxylation sites is 2. The molecule has 1 aliphatic heterocycles. The van der Waals surface area contributed by atoms with Crippen molar-refractivity contribution in [3.8, 4) is 11.5 Å². The van der Waals surface area contributed by atoms with Crippen molar-refractivity contribution < 1.29 is 23.8 Å². The van der Waals surface area contributed by atoms with Crippen molar-refractivity contribution in [2.45, 2.75) is 32.9 Å². The summed E-state index contributed by atoms with van der Waals surface area (Å²) in [5.74, 6) is 0.0738. The molecule has 0 aromatic heterocycles. The number of carbonyl (C=O) groups is 2. The van der Waals surface area contributed by atoms with E-state index in [1.807, 2.05) is 45.0 Å². The van der Waals surface area contributed by atoms with E-state index in [4.69, 9.17) is 14.2 Å². The van der Waals surface area contributed by atoms with Crippen molar-refractivity contribution in [1.82, 2.24) is 5.32 Å². The number of esters is 1. The molecule has 1 heterocycles. The highest BCUT2D eigenvalue weighted by atomic mass is 16.6. The van der Waals surface area contributed by atoms with Gasteiger partial charge in [-0.3, -0.25) is 4.79 Å². The van der Waals surface area contributed by atoms with E-state index in [0.29, 0.717) is 11.5 Å². The van der Waals surface area contributed by atoms with Gasteiger partial charge >= 0.3 is 5.97 Å². The molecule has 3 rings (SSSR count). The zero-order valence-corrected chi connectivity index (χ0v) is 15.7. The van der Waals surface area contributed by atoms with Gasteiger partial charge in [0.25, 0.3) is 5.91 Å². The standard InChI is InChI=1S/C21H23NO5/c1-13-8-9-16(10-14(13)2)15(3)22-20(23)12-26-21(24)19-11-25-17-6-4-5-7-18(17)27-19/h4-10,15,19H,11-12H2,1-3H3,(H,22,23)/t15-,19+/m1/s1. The van der Waals surface area contributed by atoms with Gasteiger partial charge in [-0.05, 0) is 49.6 Å². The summed E-state index contributed by atoms with van der Waals surface area (Å²) in [5, 5.41) is 2.83. The fraction of sp³-hybridized carbons (Fsp3) is 0.333. The molecule has 1 amide bonds. The Balaban J connectivity index is 1.49. The van der Waals surface area contributed by atoms with Gasteiger partial charge < -0.3 is 19.5 Å². The number of rotatable bonds is 5. The molecule has 6 nitrogen and oxygen atoms in total. The Kier molecular flexibility index (Phi) is 5.64. The summed E-state index contributed by atoms with van der Waals surface area (Å²) in [6, 6.07) is 12.9. The molecule has 27 heavy (non-hydrogen) atoms. The molecule has 2 aromatic carbocycles. The lowest BCUT2D eigenvalue weighted by atomic mass is 10.0. The third kappa shape index (κ3) is 4.58. The predicted molar refractivity (Wildman–Crippen MR) is 99.8 cm³/mol. The van der Waals surface area contributed by atoms with E-state index in [1.54, 1.807) is 18.2 Å². The van der Waals surface area contributed by atoms with Crippen LogP contribution >= 0.6 is 0 Å². The zero-order chi connectivity index (χ0) is 19.4. The third-order valence-electron chi connectivity index (χ3n) is 4.53. The van der Waals surface area contributed by atoms with E-state index >= 15 is 0 Å². The summed E-state index contributed by atoms with van der Waals surface area (Å²) < 4.78 is 16.1. The second kappa shape index (κ2) is 8.12. The highest BCUT2D eigenvalue weighted by Gasteiger charge is 2.29. The minimum Gasteiger partial charge on any atom is -0.485 e. The van der Waals surface area contributed by atoms with E-state index in [1.165, 1.54) is 5.56 Å². The van der Waals surface area contributed by atoms with Crippen LogP contribution in [0, 0.1) is 13.8 Å². The average molecular weight is 369 g/mol. The van der Waals surface area contributed by atoms with Crippen LogP contribution in [-0.2, 0) is 14.3 Å². The maximum atomic E-state index is 12.1. The smallest absolute Gasteiger partial charge is 0.351 e. The lowest BCUT2D eigenvalue weighted by Gasteiger charge is -2.25. The van der Waals surface area contributed by atoms with Crippen molar-refractivity contribution in [3.63, 3.8) is 0 Å². The highest BCUT2D eigenvalue weighted by molar-refractivity contribution is 5.82. The Labute approximate surface area is 158 Å². The van der Waals surface area contributed by atoms with Crippen molar-refractivity contribution in [1.29, 1.82) is 0 Å². The van der Waals surface area contributed by atoms with Crippen molar-refractivity contribution >= 4 is 11.9 Å². The van der Waals surface area contributed by atoms with Gasteiger partial charge in [0, 0.05) is 0 Å². The highest BCUT2D eigenvalue weighted by Crippen LogP contribution is 2.31. The molecule has 142 valence electrons. The molecule has 0 saturated carbocycles. The zero-order valence-electron chi connectivity index (χ0n) is 15.7. The van der Waals surface area contributed by atoms with Gasteiger partial charge in [0.15, 0.2) is 18.1 Å². The first-order valence-corrected chi connectivity index (χ1v) is 8.85. The second-order valence-corrected chi connectivity index (χ2v) is 6.60. The number of fused-ring (bicyclic) bond motifs is 1. The van der Waals surface area contributed by atoms with Crippen LogP contribution in [0.15, 0.2) is 42.5 Å². The van der Waals surface area contributed by atoms with Crippen LogP contribution in [0.3, 0.4) is 0 Å². The average Bonchev–Trinajstić information content (AvgIpc) is 2.67. The van der Waals surface area contributed by atoms with Crippen molar-refractivity contribution in [2.24, 2.45) is 0 Å². The molecule has 0 radical (unpaired) electrons. The summed E-state index contributed by atoms with van der Waals surface area (Å²) in [6.07, 6.45) is -0.884. The normalized spacial score (nSPS) is 16.3. The van der Waals surface area contributed by atoms with Crippen LogP contribution in [0.4, 0.5) is 0 Å². The lowest BCUT2D eigenvalue weighted by molar-refractivity contribution is -0.157. The number of benzene rings is 2. The topological polar surface area (TPSA) is 73.9 Å². The van der Waals surface area contributed by atoms with Gasteiger partial charge in [-0.2, -0.15) is 0 Å². The van der Waals surface area contributed by atoms with Gasteiger partial charge in [-0.1, -0.05) is 30.3 Å². The van der Waals surface area contributed by atoms with Crippen LogP contribution in [0.2, 0.25) is 0 Å². The van der Waals surface area contributed by atoms with Crippen molar-refractivity contribution in [3.05, 3.63) is 59.2 Å². The molecule has 0 spiro atoms. The van der Waals surface area contributed by atoms with Crippen molar-refractivity contribution in [2.75, 3.05) is 13.2 Å². The summed E-state index contributed by atoms with van der Waals surface area (Å²) in [4.78, 5) is 24.2. The summed E-state index contributed by atoms with van der Waals surface area (Å²) in [5.41, 5.74) is 3.36. The molecule has 0 unspecified atom stereocenters. The fourth-order valence-electron chi connectivity index (χ4n) is 2.77. The van der Waals surface area contributed by atoms with Crippen LogP contribution < -0.4 is 14.8 Å². The van der Waals surface area contributed by atoms with Gasteiger partial charge in [0.2, 0.25) is 6.10 Å². The molecule has 0 saturated heterocycles. The maximum absolute atomic E-state index is 12.1. The van der Waals surface area contributed by atoms with Gasteiger partial charge in [-0.25, -0.2) is 4.79 Å². The van der Waals surface area contributed by atoms with E-state index < -0.39 is 12.1 Å². The Morgan fingerprint density at radius 3 is 2.63 bits per heavy atom. The Morgan fingerprint density at radius 2 is 1.89 bits per heavy atom. The quantitative estimate of drug-likeness (QED) is 0.821. The lowest BCUT2D eigenvalue weighted by Crippen LogP contribution is -2.40. The molecule has 0 fully saturated rings. The number of aryl methyl sites for hydroxylation is 2. The molecule has 0 bridgehead atoms. The molecule has 2 atom stereocenters.